The molecule has 0 saturated carbocycles. The third-order valence-electron chi connectivity index (χ3n) is 5.63. The van der Waals surface area contributed by atoms with E-state index in [1.807, 2.05) is 0 Å². The van der Waals surface area contributed by atoms with E-state index in [0.29, 0.717) is 17.4 Å². The van der Waals surface area contributed by atoms with E-state index in [4.69, 9.17) is 24.6 Å². The Hall–Kier alpha value is -3.48. The Labute approximate surface area is 260 Å². The number of carbonyl (C=O) groups is 1. The molecule has 0 bridgehead atoms. The number of hydrogen-bond donors (Lipinski definition) is 4. The summed E-state index contributed by atoms with van der Waals surface area (Å²) in [6.07, 6.45) is -5.33. The number of carboxylic acids is 1. The van der Waals surface area contributed by atoms with Crippen molar-refractivity contribution in [3.05, 3.63) is 52.3 Å². The molecule has 0 amide bonds. The summed E-state index contributed by atoms with van der Waals surface area (Å²) in [5.41, 5.74) is 5.99. The van der Waals surface area contributed by atoms with E-state index in [2.05, 4.69) is 11.5 Å². The predicted octanol–water partition coefficient (Wildman–Crippen LogP) is -0.185. The van der Waals surface area contributed by atoms with Crippen LogP contribution in [0.5, 0.6) is 11.5 Å². The summed E-state index contributed by atoms with van der Waals surface area (Å²) in [5, 5.41) is 17.3. The molecule has 2 atom stereocenters. The lowest BCUT2D eigenvalue weighted by atomic mass is 10.1. The molecule has 0 aliphatic rings. The number of hydrogen-bond acceptors (Lipinski definition) is 10. The molecule has 22 heteroatoms. The molecule has 0 aliphatic heterocycles. The molecular formula is C24H25F6N4O9PS2. The summed E-state index contributed by atoms with van der Waals surface area (Å²) < 4.78 is 127. The minimum absolute atomic E-state index is 0.0978. The number of sulfonamides is 1. The minimum Gasteiger partial charge on any atom is -0.777 e. The van der Waals surface area contributed by atoms with Gasteiger partial charge >= 0.3 is 6.18 Å². The van der Waals surface area contributed by atoms with E-state index in [-0.39, 0.29) is 38.3 Å². The van der Waals surface area contributed by atoms with Gasteiger partial charge in [0.1, 0.15) is 54.2 Å². The van der Waals surface area contributed by atoms with Crippen molar-refractivity contribution in [2.45, 2.75) is 29.5 Å². The standard InChI is InChI=1S/C22H24F3N4O7PS2.C2HF3O2/c1-2-13-15-16(24)18(35-7-5-26)19(36-8-6-27)17(25)20(15)38-22(13)39(33,34)29-21(37(30,31)32)11-3-4-12(10-28)14(23)9-11;3-2(4,5)1(6)7/h3-4,9,21,29H,2,5-8,26-27H2,1H3,(H2,30,31,32);(H,6,7). The van der Waals surface area contributed by atoms with Gasteiger partial charge < -0.3 is 45.2 Å². The van der Waals surface area contributed by atoms with Gasteiger partial charge in [-0.15, -0.1) is 11.3 Å². The van der Waals surface area contributed by atoms with E-state index in [9.17, 15) is 40.3 Å². The van der Waals surface area contributed by atoms with Crippen LogP contribution >= 0.6 is 18.9 Å². The maximum Gasteiger partial charge on any atom is 0.430 e. The van der Waals surface area contributed by atoms with Gasteiger partial charge in [-0.2, -0.15) is 23.2 Å². The van der Waals surface area contributed by atoms with Crippen molar-refractivity contribution in [1.29, 1.82) is 5.26 Å². The van der Waals surface area contributed by atoms with Crippen molar-refractivity contribution >= 4 is 45.0 Å². The number of alkyl halides is 3. The molecule has 46 heavy (non-hydrogen) atoms. The van der Waals surface area contributed by atoms with Crippen LogP contribution < -0.4 is 35.7 Å². The molecule has 3 rings (SSSR count). The highest BCUT2D eigenvalue weighted by Crippen LogP contribution is 2.50. The zero-order valence-corrected chi connectivity index (χ0v) is 26.0. The number of benzene rings is 2. The van der Waals surface area contributed by atoms with Crippen molar-refractivity contribution in [3.63, 3.8) is 0 Å². The molecule has 1 heterocycles. The fourth-order valence-electron chi connectivity index (χ4n) is 3.71. The van der Waals surface area contributed by atoms with Crippen molar-refractivity contribution in [2.24, 2.45) is 0 Å². The second-order valence-electron chi connectivity index (χ2n) is 8.84. The average molecular weight is 723 g/mol. The number of aryl methyl sites for hydroxylation is 1. The second kappa shape index (κ2) is 15.4. The summed E-state index contributed by atoms with van der Waals surface area (Å²) >= 11 is 0.314. The Balaban J connectivity index is 0.000000942. The summed E-state index contributed by atoms with van der Waals surface area (Å²) in [4.78, 5) is 30.7. The normalized spacial score (nSPS) is 13.7. The molecule has 0 fully saturated rings. The summed E-state index contributed by atoms with van der Waals surface area (Å²) in [7, 11) is -10.5. The summed E-state index contributed by atoms with van der Waals surface area (Å²) in [5.74, 6) is -9.88. The van der Waals surface area contributed by atoms with E-state index in [0.717, 1.165) is 12.1 Å². The molecule has 2 aromatic carbocycles. The van der Waals surface area contributed by atoms with Gasteiger partial charge in [0, 0.05) is 5.39 Å². The quantitative estimate of drug-likeness (QED) is 0.142. The SMILES string of the molecule is CCc1c(S(=O)(=O)NC(c2ccc(C#N)c(F)c2)P(=O)([O-])O)sc2c(F)c(OCC[NH3+])c(OCC[NH3+])c(F)c12.O=C([O-])C(F)(F)F. The molecule has 1 aromatic heterocycles. The molecule has 0 radical (unpaired) electrons. The van der Waals surface area contributed by atoms with Crippen LogP contribution in [0.25, 0.3) is 10.1 Å². The number of nitriles is 1. The lowest BCUT2D eigenvalue weighted by Crippen LogP contribution is -2.53. The zero-order chi connectivity index (χ0) is 35.2. The van der Waals surface area contributed by atoms with Gasteiger partial charge in [0.2, 0.25) is 11.5 Å². The van der Waals surface area contributed by atoms with Gasteiger partial charge in [-0.05, 0) is 29.7 Å². The van der Waals surface area contributed by atoms with Crippen LogP contribution in [0, 0.1) is 28.8 Å². The first-order valence-electron chi connectivity index (χ1n) is 12.6. The highest BCUT2D eigenvalue weighted by Gasteiger charge is 2.35. The Bertz CT molecular complexity index is 1790. The number of carbonyl (C=O) groups excluding carboxylic acids is 1. The molecule has 13 nitrogen and oxygen atoms in total. The first-order chi connectivity index (χ1) is 21.3. The van der Waals surface area contributed by atoms with Crippen molar-refractivity contribution in [3.8, 4) is 17.6 Å². The van der Waals surface area contributed by atoms with Gasteiger partial charge in [0.05, 0.1) is 10.3 Å². The van der Waals surface area contributed by atoms with Gasteiger partial charge in [0.25, 0.3) is 10.0 Å². The Kier molecular flexibility index (Phi) is 13.0. The van der Waals surface area contributed by atoms with E-state index < -0.39 is 89.9 Å². The number of rotatable bonds is 12. The first kappa shape index (κ1) is 38.7. The molecule has 254 valence electrons. The number of thiophene rings is 1. The number of ether oxygens (including phenoxy) is 2. The Morgan fingerprint density at radius 1 is 1.15 bits per heavy atom. The van der Waals surface area contributed by atoms with Crippen molar-refractivity contribution < 1.29 is 80.0 Å². The fraction of sp³-hybridized carbons (Fsp3) is 0.333. The molecule has 0 spiro atoms. The summed E-state index contributed by atoms with van der Waals surface area (Å²) in [6.45, 7) is 1.68. The fourth-order valence-corrected chi connectivity index (χ4v) is 8.19. The largest absolute Gasteiger partial charge is 0.777 e. The van der Waals surface area contributed by atoms with Gasteiger partial charge in [-0.3, -0.25) is 0 Å². The number of aliphatic carboxylic acids is 1. The number of halogens is 6. The van der Waals surface area contributed by atoms with Crippen molar-refractivity contribution in [2.75, 3.05) is 26.3 Å². The summed E-state index contributed by atoms with van der Waals surface area (Å²) in [6, 6.07) is 3.96. The molecular weight excluding hydrogens is 697 g/mol. The number of quaternary nitrogens is 2. The van der Waals surface area contributed by atoms with Crippen LogP contribution in [0.15, 0.2) is 22.4 Å². The highest BCUT2D eigenvalue weighted by molar-refractivity contribution is 7.92. The van der Waals surface area contributed by atoms with Crippen LogP contribution in [-0.4, -0.2) is 51.8 Å². The van der Waals surface area contributed by atoms with E-state index in [1.54, 1.807) is 4.72 Å². The van der Waals surface area contributed by atoms with Gasteiger partial charge in [0.15, 0.2) is 19.2 Å². The average Bonchev–Trinajstić information content (AvgIpc) is 3.37. The Morgan fingerprint density at radius 2 is 1.67 bits per heavy atom. The number of nitrogens with zero attached hydrogens (tertiary/aromatic N) is 1. The first-order valence-corrected chi connectivity index (χ1v) is 16.5. The van der Waals surface area contributed by atoms with Gasteiger partial charge in [-0.1, -0.05) is 13.0 Å². The Morgan fingerprint density at radius 3 is 2.09 bits per heavy atom. The van der Waals surface area contributed by atoms with Crippen molar-refractivity contribution in [1.82, 2.24) is 4.72 Å². The minimum atomic E-state index is -5.56. The lowest BCUT2D eigenvalue weighted by Gasteiger charge is -2.28. The third-order valence-corrected chi connectivity index (χ3v) is 10.1. The molecule has 2 unspecified atom stereocenters. The third kappa shape index (κ3) is 8.86. The maximum atomic E-state index is 15.7. The van der Waals surface area contributed by atoms with Crippen LogP contribution in [0.3, 0.4) is 0 Å². The predicted molar refractivity (Wildman–Crippen MR) is 143 cm³/mol. The van der Waals surface area contributed by atoms with Crippen LogP contribution in [0.2, 0.25) is 0 Å². The lowest BCUT2D eigenvalue weighted by molar-refractivity contribution is -0.372. The number of fused-ring (bicyclic) bond motifs is 1. The highest BCUT2D eigenvalue weighted by atomic mass is 32.2. The van der Waals surface area contributed by atoms with E-state index >= 15 is 8.78 Å². The number of nitrogens with one attached hydrogen (secondary N) is 1. The van der Waals surface area contributed by atoms with Crippen LogP contribution in [0.1, 0.15) is 29.4 Å². The smallest absolute Gasteiger partial charge is 0.430 e. The van der Waals surface area contributed by atoms with E-state index in [1.165, 1.54) is 13.0 Å². The molecule has 3 aromatic rings. The topological polar surface area (TPSA) is 244 Å². The van der Waals surface area contributed by atoms with Crippen LogP contribution in [-0.2, 0) is 25.8 Å². The second-order valence-corrected chi connectivity index (χ2v) is 13.4. The monoisotopic (exact) mass is 722 g/mol. The number of carboxylic acid groups (broad SMARTS) is 1. The zero-order valence-electron chi connectivity index (χ0n) is 23.5. The molecule has 8 N–H and O–H groups in total. The molecule has 0 saturated heterocycles. The molecule has 0 aliphatic carbocycles. The van der Waals surface area contributed by atoms with Crippen LogP contribution in [0.4, 0.5) is 26.3 Å². The van der Waals surface area contributed by atoms with Gasteiger partial charge in [-0.25, -0.2) is 21.6 Å². The maximum absolute atomic E-state index is 15.7.